The molecule has 0 amide bonds. The molecule has 0 aromatic heterocycles. The Morgan fingerprint density at radius 3 is 2.24 bits per heavy atom. The van der Waals surface area contributed by atoms with Crippen LogP contribution in [0, 0.1) is 5.41 Å². The average molecular weight is 238 g/mol. The summed E-state index contributed by atoms with van der Waals surface area (Å²) in [5.74, 6) is 0. The van der Waals surface area contributed by atoms with E-state index < -0.39 is 5.41 Å². The molecule has 0 aliphatic heterocycles. The summed E-state index contributed by atoms with van der Waals surface area (Å²) in [6.07, 6.45) is 1.33. The van der Waals surface area contributed by atoms with E-state index in [-0.39, 0.29) is 19.3 Å². The van der Waals surface area contributed by atoms with Crippen molar-refractivity contribution in [2.45, 2.75) is 25.9 Å². The highest BCUT2D eigenvalue weighted by atomic mass is 16.5. The first-order valence-electron chi connectivity index (χ1n) is 5.94. The molecule has 1 aromatic carbocycles. The Balaban J connectivity index is 2.77. The molecule has 17 heavy (non-hydrogen) atoms. The molecule has 1 aromatic rings. The van der Waals surface area contributed by atoms with E-state index in [9.17, 15) is 10.2 Å². The molecule has 0 saturated heterocycles. The van der Waals surface area contributed by atoms with Crippen LogP contribution in [0.2, 0.25) is 0 Å². The fourth-order valence-corrected chi connectivity index (χ4v) is 2.09. The van der Waals surface area contributed by atoms with Gasteiger partial charge in [-0.25, -0.2) is 0 Å². The van der Waals surface area contributed by atoms with E-state index in [0.29, 0.717) is 12.8 Å². The Hall–Kier alpha value is -0.900. The zero-order valence-electron chi connectivity index (χ0n) is 10.6. The standard InChI is InChI=1S/C14H22O3/c1-12(17-2)8-14(10-15,11-16)9-13-6-4-3-5-7-13/h3-7,12,15-16H,8-11H2,1-2H3. The maximum atomic E-state index is 9.57. The summed E-state index contributed by atoms with van der Waals surface area (Å²) in [5.41, 5.74) is 0.621. The Morgan fingerprint density at radius 2 is 1.76 bits per heavy atom. The minimum absolute atomic E-state index is 0.0259. The number of rotatable bonds is 7. The quantitative estimate of drug-likeness (QED) is 0.759. The van der Waals surface area contributed by atoms with E-state index >= 15 is 0 Å². The van der Waals surface area contributed by atoms with Gasteiger partial charge in [0, 0.05) is 12.5 Å². The molecule has 0 saturated carbocycles. The van der Waals surface area contributed by atoms with Crippen molar-refractivity contribution < 1.29 is 14.9 Å². The third kappa shape index (κ3) is 4.11. The molecule has 0 aliphatic rings. The van der Waals surface area contributed by atoms with Gasteiger partial charge in [-0.2, -0.15) is 0 Å². The van der Waals surface area contributed by atoms with E-state index in [1.54, 1.807) is 7.11 Å². The molecular weight excluding hydrogens is 216 g/mol. The molecule has 3 heteroatoms. The third-order valence-corrected chi connectivity index (χ3v) is 3.22. The maximum absolute atomic E-state index is 9.57. The molecule has 1 rings (SSSR count). The van der Waals surface area contributed by atoms with Crippen molar-refractivity contribution in [1.29, 1.82) is 0 Å². The van der Waals surface area contributed by atoms with Crippen LogP contribution in [-0.4, -0.2) is 36.6 Å². The molecule has 0 heterocycles. The molecule has 1 unspecified atom stereocenters. The van der Waals surface area contributed by atoms with Gasteiger partial charge in [-0.1, -0.05) is 30.3 Å². The number of hydrogen-bond acceptors (Lipinski definition) is 3. The summed E-state index contributed by atoms with van der Waals surface area (Å²) in [5, 5.41) is 19.1. The van der Waals surface area contributed by atoms with E-state index in [2.05, 4.69) is 0 Å². The van der Waals surface area contributed by atoms with Gasteiger partial charge in [0.1, 0.15) is 0 Å². The predicted molar refractivity (Wildman–Crippen MR) is 67.8 cm³/mol. The van der Waals surface area contributed by atoms with Crippen LogP contribution in [0.3, 0.4) is 0 Å². The molecule has 0 aliphatic carbocycles. The highest BCUT2D eigenvalue weighted by Crippen LogP contribution is 2.28. The minimum atomic E-state index is -0.503. The molecular formula is C14H22O3. The fourth-order valence-electron chi connectivity index (χ4n) is 2.09. The first-order valence-corrected chi connectivity index (χ1v) is 5.94. The van der Waals surface area contributed by atoms with Crippen molar-refractivity contribution in [3.8, 4) is 0 Å². The highest BCUT2D eigenvalue weighted by molar-refractivity contribution is 5.16. The van der Waals surface area contributed by atoms with Gasteiger partial charge in [0.05, 0.1) is 19.3 Å². The summed E-state index contributed by atoms with van der Waals surface area (Å²) in [6, 6.07) is 9.92. The zero-order chi connectivity index (χ0) is 12.7. The normalized spacial score (nSPS) is 13.6. The van der Waals surface area contributed by atoms with Crippen molar-refractivity contribution in [2.75, 3.05) is 20.3 Å². The predicted octanol–water partition coefficient (Wildman–Crippen LogP) is 1.63. The highest BCUT2D eigenvalue weighted by Gasteiger charge is 2.31. The second-order valence-corrected chi connectivity index (χ2v) is 4.73. The Kier molecular flexibility index (Phi) is 5.62. The van der Waals surface area contributed by atoms with Crippen LogP contribution >= 0.6 is 0 Å². The number of hydrogen-bond donors (Lipinski definition) is 2. The van der Waals surface area contributed by atoms with Crippen LogP contribution < -0.4 is 0 Å². The van der Waals surface area contributed by atoms with Crippen molar-refractivity contribution in [2.24, 2.45) is 5.41 Å². The zero-order valence-corrected chi connectivity index (χ0v) is 10.6. The second kappa shape index (κ2) is 6.74. The lowest BCUT2D eigenvalue weighted by atomic mass is 9.78. The monoisotopic (exact) mass is 238 g/mol. The van der Waals surface area contributed by atoms with Gasteiger partial charge in [-0.15, -0.1) is 0 Å². The van der Waals surface area contributed by atoms with Crippen molar-refractivity contribution in [3.05, 3.63) is 35.9 Å². The lowest BCUT2D eigenvalue weighted by molar-refractivity contribution is -0.00274. The SMILES string of the molecule is COC(C)CC(CO)(CO)Cc1ccccc1. The minimum Gasteiger partial charge on any atom is -0.396 e. The largest absolute Gasteiger partial charge is 0.396 e. The summed E-state index contributed by atoms with van der Waals surface area (Å²) in [6.45, 7) is 1.88. The van der Waals surface area contributed by atoms with Crippen LogP contribution in [0.4, 0.5) is 0 Å². The first-order chi connectivity index (χ1) is 8.15. The first kappa shape index (κ1) is 14.2. The van der Waals surface area contributed by atoms with Crippen molar-refractivity contribution in [3.63, 3.8) is 0 Å². The van der Waals surface area contributed by atoms with Gasteiger partial charge in [-0.3, -0.25) is 0 Å². The summed E-state index contributed by atoms with van der Waals surface area (Å²) >= 11 is 0. The second-order valence-electron chi connectivity index (χ2n) is 4.73. The molecule has 0 spiro atoms. The maximum Gasteiger partial charge on any atom is 0.0550 e. The van der Waals surface area contributed by atoms with Crippen LogP contribution in [-0.2, 0) is 11.2 Å². The number of aliphatic hydroxyl groups is 2. The van der Waals surface area contributed by atoms with E-state index in [1.807, 2.05) is 37.3 Å². The summed E-state index contributed by atoms with van der Waals surface area (Å²) < 4.78 is 5.22. The lowest BCUT2D eigenvalue weighted by Gasteiger charge is -2.32. The Morgan fingerprint density at radius 1 is 1.18 bits per heavy atom. The number of ether oxygens (including phenoxy) is 1. The third-order valence-electron chi connectivity index (χ3n) is 3.22. The van der Waals surface area contributed by atoms with Crippen LogP contribution in [0.1, 0.15) is 18.9 Å². The topological polar surface area (TPSA) is 49.7 Å². The summed E-state index contributed by atoms with van der Waals surface area (Å²) in [4.78, 5) is 0. The molecule has 0 fully saturated rings. The van der Waals surface area contributed by atoms with Gasteiger partial charge < -0.3 is 14.9 Å². The Bertz CT molecular complexity index is 307. The molecule has 1 atom stereocenters. The van der Waals surface area contributed by atoms with Gasteiger partial charge in [-0.05, 0) is 25.3 Å². The van der Waals surface area contributed by atoms with E-state index in [4.69, 9.17) is 4.74 Å². The van der Waals surface area contributed by atoms with Gasteiger partial charge >= 0.3 is 0 Å². The van der Waals surface area contributed by atoms with Gasteiger partial charge in [0.2, 0.25) is 0 Å². The molecule has 96 valence electrons. The van der Waals surface area contributed by atoms with E-state index in [0.717, 1.165) is 5.56 Å². The summed E-state index contributed by atoms with van der Waals surface area (Å²) in [7, 11) is 1.65. The van der Waals surface area contributed by atoms with Crippen LogP contribution in [0.15, 0.2) is 30.3 Å². The molecule has 0 bridgehead atoms. The van der Waals surface area contributed by atoms with Crippen molar-refractivity contribution >= 4 is 0 Å². The number of aliphatic hydroxyl groups excluding tert-OH is 2. The van der Waals surface area contributed by atoms with Gasteiger partial charge in [0.15, 0.2) is 0 Å². The lowest BCUT2D eigenvalue weighted by Crippen LogP contribution is -2.36. The molecule has 2 N–H and O–H groups in total. The van der Waals surface area contributed by atoms with E-state index in [1.165, 1.54) is 0 Å². The van der Waals surface area contributed by atoms with Crippen LogP contribution in [0.25, 0.3) is 0 Å². The number of benzene rings is 1. The molecule has 0 radical (unpaired) electrons. The molecule has 3 nitrogen and oxygen atoms in total. The Labute approximate surface area is 103 Å². The van der Waals surface area contributed by atoms with Crippen molar-refractivity contribution in [1.82, 2.24) is 0 Å². The fraction of sp³-hybridized carbons (Fsp3) is 0.571. The average Bonchev–Trinajstić information content (AvgIpc) is 2.39. The number of methoxy groups -OCH3 is 1. The smallest absolute Gasteiger partial charge is 0.0550 e. The van der Waals surface area contributed by atoms with Crippen LogP contribution in [0.5, 0.6) is 0 Å². The van der Waals surface area contributed by atoms with Gasteiger partial charge in [0.25, 0.3) is 0 Å².